The van der Waals surface area contributed by atoms with Crippen molar-refractivity contribution in [1.82, 2.24) is 5.32 Å². The molecule has 1 aromatic heterocycles. The van der Waals surface area contributed by atoms with Crippen molar-refractivity contribution in [2.75, 3.05) is 6.54 Å². The highest BCUT2D eigenvalue weighted by Gasteiger charge is 2.25. The summed E-state index contributed by atoms with van der Waals surface area (Å²) < 4.78 is 0. The third-order valence-electron chi connectivity index (χ3n) is 1.99. The Morgan fingerprint density at radius 1 is 1.67 bits per heavy atom. The number of amides is 1. The third-order valence-corrected chi connectivity index (χ3v) is 3.51. The van der Waals surface area contributed by atoms with Crippen molar-refractivity contribution in [2.24, 2.45) is 0 Å². The Balaban J connectivity index is 2.21. The van der Waals surface area contributed by atoms with Crippen molar-refractivity contribution in [1.29, 1.82) is 0 Å². The Morgan fingerprint density at radius 2 is 2.50 bits per heavy atom. The lowest BCUT2D eigenvalue weighted by Crippen LogP contribution is -2.13. The van der Waals surface area contributed by atoms with Crippen molar-refractivity contribution in [2.45, 2.75) is 12.3 Å². The number of carbonyl (C=O) groups is 1. The largest absolute Gasteiger partial charge is 0.355 e. The van der Waals surface area contributed by atoms with Gasteiger partial charge in [-0.15, -0.1) is 11.3 Å². The van der Waals surface area contributed by atoms with Crippen molar-refractivity contribution >= 4 is 28.8 Å². The molecule has 0 bridgehead atoms. The van der Waals surface area contributed by atoms with E-state index in [9.17, 15) is 4.79 Å². The van der Waals surface area contributed by atoms with E-state index in [1.54, 1.807) is 11.3 Å². The van der Waals surface area contributed by atoms with E-state index in [2.05, 4.69) is 5.32 Å². The van der Waals surface area contributed by atoms with Crippen molar-refractivity contribution in [3.05, 3.63) is 21.3 Å². The zero-order valence-corrected chi connectivity index (χ0v) is 7.91. The molecular weight excluding hydrogens is 194 g/mol. The summed E-state index contributed by atoms with van der Waals surface area (Å²) in [5.41, 5.74) is 0. The highest BCUT2D eigenvalue weighted by atomic mass is 35.5. The van der Waals surface area contributed by atoms with E-state index in [-0.39, 0.29) is 5.91 Å². The summed E-state index contributed by atoms with van der Waals surface area (Å²) in [5.74, 6) is 0.425. The Hall–Kier alpha value is -0.540. The van der Waals surface area contributed by atoms with E-state index in [1.165, 1.54) is 0 Å². The highest BCUT2D eigenvalue weighted by Crippen LogP contribution is 2.33. The lowest BCUT2D eigenvalue weighted by atomic mass is 10.1. The summed E-state index contributed by atoms with van der Waals surface area (Å²) in [6.07, 6.45) is 0.584. The molecule has 1 atom stereocenters. The van der Waals surface area contributed by atoms with E-state index in [0.717, 1.165) is 16.4 Å². The maximum atomic E-state index is 10.9. The molecule has 0 spiro atoms. The summed E-state index contributed by atoms with van der Waals surface area (Å²) in [4.78, 5) is 12.0. The minimum atomic E-state index is 0.129. The van der Waals surface area contributed by atoms with Gasteiger partial charge in [0.1, 0.15) is 0 Å². The second kappa shape index (κ2) is 3.07. The smallest absolute Gasteiger partial charge is 0.220 e. The molecule has 1 aliphatic heterocycles. The summed E-state index contributed by atoms with van der Waals surface area (Å²) in [6.45, 7) is 0.735. The van der Waals surface area contributed by atoms with Crippen LogP contribution in [-0.2, 0) is 4.79 Å². The molecule has 1 fully saturated rings. The van der Waals surface area contributed by atoms with Crippen LogP contribution in [0.3, 0.4) is 0 Å². The van der Waals surface area contributed by atoms with Gasteiger partial charge in [0.25, 0.3) is 0 Å². The van der Waals surface area contributed by atoms with Gasteiger partial charge < -0.3 is 5.32 Å². The van der Waals surface area contributed by atoms with Crippen LogP contribution in [0.5, 0.6) is 0 Å². The van der Waals surface area contributed by atoms with Gasteiger partial charge in [-0.05, 0) is 11.4 Å². The molecule has 12 heavy (non-hydrogen) atoms. The molecule has 1 amide bonds. The summed E-state index contributed by atoms with van der Waals surface area (Å²) in [7, 11) is 0. The molecule has 2 heterocycles. The molecule has 64 valence electrons. The molecule has 0 radical (unpaired) electrons. The number of carbonyl (C=O) groups excluding carboxylic acids is 1. The Bertz CT molecular complexity index is 310. The molecule has 1 N–H and O–H groups in total. The highest BCUT2D eigenvalue weighted by molar-refractivity contribution is 7.10. The fourth-order valence-corrected chi connectivity index (χ4v) is 2.70. The second-order valence-corrected chi connectivity index (χ2v) is 4.19. The predicted octanol–water partition coefficient (Wildman–Crippen LogP) is 2.00. The van der Waals surface area contributed by atoms with E-state index >= 15 is 0 Å². The lowest BCUT2D eigenvalue weighted by Gasteiger charge is -2.03. The molecule has 0 aliphatic carbocycles. The van der Waals surface area contributed by atoms with Gasteiger partial charge in [-0.25, -0.2) is 0 Å². The van der Waals surface area contributed by atoms with Gasteiger partial charge in [0, 0.05) is 23.8 Å². The van der Waals surface area contributed by atoms with Gasteiger partial charge in [0.15, 0.2) is 0 Å². The number of hydrogen-bond donors (Lipinski definition) is 1. The van der Waals surface area contributed by atoms with E-state index in [1.807, 2.05) is 11.4 Å². The number of thiophene rings is 1. The van der Waals surface area contributed by atoms with Gasteiger partial charge in [-0.2, -0.15) is 0 Å². The molecule has 2 rings (SSSR count). The van der Waals surface area contributed by atoms with E-state index < -0.39 is 0 Å². The molecule has 1 aromatic rings. The number of rotatable bonds is 1. The lowest BCUT2D eigenvalue weighted by molar-refractivity contribution is -0.119. The molecule has 0 saturated carbocycles. The average molecular weight is 202 g/mol. The van der Waals surface area contributed by atoms with E-state index in [0.29, 0.717) is 12.3 Å². The first-order valence-corrected chi connectivity index (χ1v) is 5.02. The summed E-state index contributed by atoms with van der Waals surface area (Å²) in [5, 5.41) is 5.55. The van der Waals surface area contributed by atoms with Crippen LogP contribution in [0.2, 0.25) is 5.02 Å². The fraction of sp³-hybridized carbons (Fsp3) is 0.375. The van der Waals surface area contributed by atoms with Gasteiger partial charge >= 0.3 is 0 Å². The zero-order valence-electron chi connectivity index (χ0n) is 6.34. The van der Waals surface area contributed by atoms with Gasteiger partial charge in [0.05, 0.1) is 5.02 Å². The van der Waals surface area contributed by atoms with Crippen LogP contribution in [0.25, 0.3) is 0 Å². The van der Waals surface area contributed by atoms with Gasteiger partial charge in [0.2, 0.25) is 5.91 Å². The van der Waals surface area contributed by atoms with E-state index in [4.69, 9.17) is 11.6 Å². The maximum absolute atomic E-state index is 10.9. The number of nitrogens with one attached hydrogen (secondary N) is 1. The first kappa shape index (κ1) is 8.08. The standard InChI is InChI=1S/C8H8ClNOS/c9-6-1-2-12-8(6)5-3-7(11)10-4-5/h1-2,5H,3-4H2,(H,10,11). The first-order chi connectivity index (χ1) is 5.77. The third kappa shape index (κ3) is 1.34. The first-order valence-electron chi connectivity index (χ1n) is 3.77. The normalized spacial score (nSPS) is 22.8. The van der Waals surface area contributed by atoms with Crippen LogP contribution in [0.1, 0.15) is 17.2 Å². The van der Waals surface area contributed by atoms with Crippen molar-refractivity contribution in [3.8, 4) is 0 Å². The van der Waals surface area contributed by atoms with Crippen LogP contribution in [0.4, 0.5) is 0 Å². The maximum Gasteiger partial charge on any atom is 0.220 e. The molecule has 2 nitrogen and oxygen atoms in total. The quantitative estimate of drug-likeness (QED) is 0.740. The molecule has 1 unspecified atom stereocenters. The summed E-state index contributed by atoms with van der Waals surface area (Å²) >= 11 is 7.56. The monoisotopic (exact) mass is 201 g/mol. The molecular formula is C8H8ClNOS. The minimum absolute atomic E-state index is 0.129. The van der Waals surface area contributed by atoms with Crippen LogP contribution in [-0.4, -0.2) is 12.5 Å². The Kier molecular flexibility index (Phi) is 2.07. The van der Waals surface area contributed by atoms with Crippen LogP contribution in [0, 0.1) is 0 Å². The van der Waals surface area contributed by atoms with Crippen LogP contribution in [0.15, 0.2) is 11.4 Å². The predicted molar refractivity (Wildman–Crippen MR) is 49.7 cm³/mol. The number of halogens is 1. The molecule has 1 aliphatic rings. The van der Waals surface area contributed by atoms with Gasteiger partial charge in [-0.3, -0.25) is 4.79 Å². The van der Waals surface area contributed by atoms with Crippen LogP contribution < -0.4 is 5.32 Å². The van der Waals surface area contributed by atoms with Crippen molar-refractivity contribution in [3.63, 3.8) is 0 Å². The molecule has 0 aromatic carbocycles. The fourth-order valence-electron chi connectivity index (χ4n) is 1.39. The van der Waals surface area contributed by atoms with Crippen LogP contribution >= 0.6 is 22.9 Å². The minimum Gasteiger partial charge on any atom is -0.355 e. The SMILES string of the molecule is O=C1CC(c2sccc2Cl)CN1. The number of hydrogen-bond acceptors (Lipinski definition) is 2. The topological polar surface area (TPSA) is 29.1 Å². The Morgan fingerprint density at radius 3 is 3.00 bits per heavy atom. The molecule has 1 saturated heterocycles. The summed E-state index contributed by atoms with van der Waals surface area (Å²) in [6, 6.07) is 1.88. The molecule has 4 heteroatoms. The van der Waals surface area contributed by atoms with Gasteiger partial charge in [-0.1, -0.05) is 11.6 Å². The average Bonchev–Trinajstić information content (AvgIpc) is 2.58. The second-order valence-electron chi connectivity index (χ2n) is 2.84. The zero-order chi connectivity index (χ0) is 8.55. The Labute approximate surface area is 79.5 Å². The van der Waals surface area contributed by atoms with Crippen molar-refractivity contribution < 1.29 is 4.79 Å².